The van der Waals surface area contributed by atoms with Gasteiger partial charge in [-0.2, -0.15) is 0 Å². The van der Waals surface area contributed by atoms with Crippen LogP contribution in [0.2, 0.25) is 10.0 Å². The summed E-state index contributed by atoms with van der Waals surface area (Å²) in [5.74, 6) is -0.726. The number of anilines is 1. The van der Waals surface area contributed by atoms with E-state index in [1.807, 2.05) is 20.8 Å². The number of hydrogen-bond acceptors (Lipinski definition) is 9. The smallest absolute Gasteiger partial charge is 0.272 e. The van der Waals surface area contributed by atoms with Gasteiger partial charge in [0.05, 0.1) is 36.3 Å². The van der Waals surface area contributed by atoms with E-state index in [1.165, 1.54) is 25.8 Å². The Morgan fingerprint density at radius 3 is 2.48 bits per heavy atom. The third-order valence-corrected chi connectivity index (χ3v) is 6.11. The number of carbonyl (C=O) groups is 2. The minimum Gasteiger partial charge on any atom is -0.480 e. The van der Waals surface area contributed by atoms with Crippen molar-refractivity contribution in [3.05, 3.63) is 50.0 Å². The Bertz CT molecular complexity index is 1200. The fourth-order valence-electron chi connectivity index (χ4n) is 2.69. The third-order valence-electron chi connectivity index (χ3n) is 4.31. The first-order valence-electron chi connectivity index (χ1n) is 9.66. The summed E-state index contributed by atoms with van der Waals surface area (Å²) in [5, 5.41) is 6.33. The van der Waals surface area contributed by atoms with E-state index in [2.05, 4.69) is 35.6 Å². The molecule has 3 aromatic heterocycles. The predicted octanol–water partition coefficient (Wildman–Crippen LogP) is 4.08. The lowest BCUT2D eigenvalue weighted by Crippen LogP contribution is -2.27. The lowest BCUT2D eigenvalue weighted by atomic mass is 9.92. The van der Waals surface area contributed by atoms with Crippen molar-refractivity contribution in [2.75, 3.05) is 12.4 Å². The van der Waals surface area contributed by atoms with E-state index in [0.29, 0.717) is 20.6 Å². The molecule has 2 amide bonds. The van der Waals surface area contributed by atoms with Gasteiger partial charge >= 0.3 is 0 Å². The van der Waals surface area contributed by atoms with Crippen LogP contribution in [-0.4, -0.2) is 43.8 Å². The van der Waals surface area contributed by atoms with Crippen LogP contribution in [0, 0.1) is 0 Å². The minimum atomic E-state index is -0.529. The van der Waals surface area contributed by atoms with Crippen LogP contribution in [0.25, 0.3) is 0 Å². The van der Waals surface area contributed by atoms with Crippen molar-refractivity contribution in [1.82, 2.24) is 30.2 Å². The highest BCUT2D eigenvalue weighted by molar-refractivity contribution is 7.13. The van der Waals surface area contributed by atoms with Crippen LogP contribution in [0.3, 0.4) is 0 Å². The maximum Gasteiger partial charge on any atom is 0.272 e. The second-order valence-corrected chi connectivity index (χ2v) is 9.75. The van der Waals surface area contributed by atoms with Gasteiger partial charge in [0.1, 0.15) is 21.2 Å². The first kappa shape index (κ1) is 24.7. The number of carbonyl (C=O) groups excluding carboxylic acids is 2. The molecule has 0 aliphatic heterocycles. The lowest BCUT2D eigenvalue weighted by molar-refractivity contribution is 0.0933. The molecule has 174 valence electrons. The second-order valence-electron chi connectivity index (χ2n) is 7.90. The van der Waals surface area contributed by atoms with E-state index in [0.717, 1.165) is 11.3 Å². The van der Waals surface area contributed by atoms with Crippen LogP contribution in [-0.2, 0) is 5.41 Å². The number of aromatic nitrogens is 5. The van der Waals surface area contributed by atoms with Crippen LogP contribution in [0.5, 0.6) is 5.88 Å². The van der Waals surface area contributed by atoms with Gasteiger partial charge in [0.15, 0.2) is 5.69 Å². The van der Waals surface area contributed by atoms with Crippen molar-refractivity contribution in [2.45, 2.75) is 39.2 Å². The largest absolute Gasteiger partial charge is 0.480 e. The topological polar surface area (TPSA) is 132 Å². The number of halogens is 2. The number of rotatable bonds is 6. The predicted molar refractivity (Wildman–Crippen MR) is 125 cm³/mol. The van der Waals surface area contributed by atoms with E-state index < -0.39 is 17.9 Å². The van der Waals surface area contributed by atoms with Crippen LogP contribution in [0.4, 0.5) is 5.95 Å². The Hall–Kier alpha value is -2.89. The standard InChI is InChI=1S/C20H21Cl2N7O3S/c1-9(27-16(31)13-12(22)17(32-5)26-8-25-13)18-23-7-11(33-18)15(30)29-19-24-6-10(21)14(28-19)20(2,3)4/h6-9H,1-5H3,(H,27,31)(H,24,28,29,30). The SMILES string of the molecule is COc1ncnc(C(=O)NC(C)c2ncc(C(=O)Nc3ncc(Cl)c(C(C)(C)C)n3)s2)c1Cl. The van der Waals surface area contributed by atoms with Gasteiger partial charge in [-0.05, 0) is 6.92 Å². The maximum atomic E-state index is 12.7. The number of methoxy groups -OCH3 is 1. The van der Waals surface area contributed by atoms with Gasteiger partial charge in [-0.1, -0.05) is 44.0 Å². The van der Waals surface area contributed by atoms with Crippen LogP contribution >= 0.6 is 34.5 Å². The molecule has 1 unspecified atom stereocenters. The van der Waals surface area contributed by atoms with Gasteiger partial charge in [0.25, 0.3) is 11.8 Å². The number of amides is 2. The average molecular weight is 510 g/mol. The monoisotopic (exact) mass is 509 g/mol. The van der Waals surface area contributed by atoms with Gasteiger partial charge in [0.2, 0.25) is 11.8 Å². The summed E-state index contributed by atoms with van der Waals surface area (Å²) < 4.78 is 5.00. The Labute approximate surface area is 204 Å². The van der Waals surface area contributed by atoms with E-state index in [9.17, 15) is 9.59 Å². The molecule has 0 spiro atoms. The summed E-state index contributed by atoms with van der Waals surface area (Å²) in [6.45, 7) is 7.61. The van der Waals surface area contributed by atoms with Crippen LogP contribution in [0.15, 0.2) is 18.7 Å². The number of thiazole rings is 1. The molecular formula is C20H21Cl2N7O3S. The zero-order chi connectivity index (χ0) is 24.3. The normalized spacial score (nSPS) is 12.2. The zero-order valence-electron chi connectivity index (χ0n) is 18.4. The molecule has 13 heteroatoms. The fraction of sp³-hybridized carbons (Fsp3) is 0.350. The van der Waals surface area contributed by atoms with E-state index in [-0.39, 0.29) is 28.0 Å². The van der Waals surface area contributed by atoms with Gasteiger partial charge in [-0.15, -0.1) is 11.3 Å². The first-order valence-corrected chi connectivity index (χ1v) is 11.2. The van der Waals surface area contributed by atoms with Crippen LogP contribution < -0.4 is 15.4 Å². The molecule has 0 bridgehead atoms. The second kappa shape index (κ2) is 9.94. The van der Waals surface area contributed by atoms with Crippen molar-refractivity contribution in [3.63, 3.8) is 0 Å². The molecule has 0 fully saturated rings. The number of nitrogens with one attached hydrogen (secondary N) is 2. The molecule has 0 aromatic carbocycles. The van der Waals surface area contributed by atoms with Gasteiger partial charge in [0, 0.05) is 5.41 Å². The summed E-state index contributed by atoms with van der Waals surface area (Å²) >= 11 is 13.4. The molecule has 33 heavy (non-hydrogen) atoms. The quantitative estimate of drug-likeness (QED) is 0.507. The fourth-order valence-corrected chi connectivity index (χ4v) is 4.14. The third kappa shape index (κ3) is 5.73. The molecule has 1 atom stereocenters. The Morgan fingerprint density at radius 2 is 1.82 bits per heavy atom. The summed E-state index contributed by atoms with van der Waals surface area (Å²) in [7, 11) is 1.39. The van der Waals surface area contributed by atoms with E-state index >= 15 is 0 Å². The highest BCUT2D eigenvalue weighted by Crippen LogP contribution is 2.28. The molecule has 0 radical (unpaired) electrons. The van der Waals surface area contributed by atoms with Gasteiger partial charge in [-0.25, -0.2) is 24.9 Å². The number of nitrogens with zero attached hydrogens (tertiary/aromatic N) is 5. The minimum absolute atomic E-state index is 0.00139. The van der Waals surface area contributed by atoms with Gasteiger partial charge in [-0.3, -0.25) is 14.9 Å². The molecule has 0 aliphatic rings. The maximum absolute atomic E-state index is 12.7. The molecule has 10 nitrogen and oxygen atoms in total. The first-order chi connectivity index (χ1) is 15.5. The lowest BCUT2D eigenvalue weighted by Gasteiger charge is -2.19. The molecule has 2 N–H and O–H groups in total. The highest BCUT2D eigenvalue weighted by atomic mass is 35.5. The Kier molecular flexibility index (Phi) is 7.45. The molecule has 3 rings (SSSR count). The van der Waals surface area contributed by atoms with Gasteiger partial charge < -0.3 is 10.1 Å². The van der Waals surface area contributed by atoms with Crippen molar-refractivity contribution in [3.8, 4) is 5.88 Å². The van der Waals surface area contributed by atoms with Crippen molar-refractivity contribution in [2.24, 2.45) is 0 Å². The van der Waals surface area contributed by atoms with Crippen molar-refractivity contribution < 1.29 is 14.3 Å². The molecule has 3 heterocycles. The Balaban J connectivity index is 1.70. The molecule has 0 saturated heterocycles. The van der Waals surface area contributed by atoms with Crippen LogP contribution in [0.1, 0.15) is 64.6 Å². The molecule has 3 aromatic rings. The summed E-state index contributed by atoms with van der Waals surface area (Å²) in [6.07, 6.45) is 4.05. The average Bonchev–Trinajstić information content (AvgIpc) is 3.25. The highest BCUT2D eigenvalue weighted by Gasteiger charge is 2.23. The summed E-state index contributed by atoms with van der Waals surface area (Å²) in [6, 6.07) is -0.514. The van der Waals surface area contributed by atoms with Crippen molar-refractivity contribution >= 4 is 52.3 Å². The number of ether oxygens (including phenoxy) is 1. The number of hydrogen-bond donors (Lipinski definition) is 2. The summed E-state index contributed by atoms with van der Waals surface area (Å²) in [4.78, 5) is 46.0. The Morgan fingerprint density at radius 1 is 1.09 bits per heavy atom. The summed E-state index contributed by atoms with van der Waals surface area (Å²) in [5.41, 5.74) is 0.275. The molecular weight excluding hydrogens is 489 g/mol. The zero-order valence-corrected chi connectivity index (χ0v) is 20.8. The molecule has 0 saturated carbocycles. The molecule has 0 aliphatic carbocycles. The van der Waals surface area contributed by atoms with E-state index in [4.69, 9.17) is 27.9 Å². The van der Waals surface area contributed by atoms with E-state index in [1.54, 1.807) is 6.92 Å². The van der Waals surface area contributed by atoms with Crippen molar-refractivity contribution in [1.29, 1.82) is 0 Å².